The average Bonchev–Trinajstić information content (AvgIpc) is 3.51. The lowest BCUT2D eigenvalue weighted by atomic mass is 10.1. The first kappa shape index (κ1) is 21.1. The van der Waals surface area contributed by atoms with Gasteiger partial charge in [0.05, 0.1) is 5.75 Å². The number of anilines is 1. The van der Waals surface area contributed by atoms with Crippen molar-refractivity contribution in [3.05, 3.63) is 65.5 Å². The van der Waals surface area contributed by atoms with Crippen LogP contribution >= 0.6 is 11.8 Å². The number of carbonyl (C=O) groups is 2. The number of hydrogen-bond donors (Lipinski definition) is 2. The van der Waals surface area contributed by atoms with Gasteiger partial charge in [0.25, 0.3) is 0 Å². The van der Waals surface area contributed by atoms with Crippen molar-refractivity contribution in [1.82, 2.24) is 20.1 Å². The molecule has 0 aliphatic heterocycles. The Hall–Kier alpha value is -3.13. The smallest absolute Gasteiger partial charge is 0.230 e. The highest BCUT2D eigenvalue weighted by Crippen LogP contribution is 2.30. The molecule has 4 rings (SSSR count). The van der Waals surface area contributed by atoms with E-state index in [-0.39, 0.29) is 23.5 Å². The van der Waals surface area contributed by atoms with Gasteiger partial charge in [-0.2, -0.15) is 0 Å². The second kappa shape index (κ2) is 9.34. The van der Waals surface area contributed by atoms with E-state index in [2.05, 4.69) is 46.8 Å². The summed E-state index contributed by atoms with van der Waals surface area (Å²) >= 11 is 1.34. The summed E-state index contributed by atoms with van der Waals surface area (Å²) in [6, 6.07) is 13.7. The summed E-state index contributed by atoms with van der Waals surface area (Å²) < 4.78 is 1.89. The van der Waals surface area contributed by atoms with E-state index >= 15 is 0 Å². The van der Waals surface area contributed by atoms with Crippen LogP contribution < -0.4 is 10.6 Å². The van der Waals surface area contributed by atoms with Gasteiger partial charge in [0.1, 0.15) is 6.33 Å². The molecule has 0 spiro atoms. The topological polar surface area (TPSA) is 88.9 Å². The second-order valence-corrected chi connectivity index (χ2v) is 8.72. The lowest BCUT2D eigenvalue weighted by Gasteiger charge is -2.10. The molecule has 2 N–H and O–H groups in total. The molecule has 31 heavy (non-hydrogen) atoms. The molecule has 2 amide bonds. The summed E-state index contributed by atoms with van der Waals surface area (Å²) in [6.07, 6.45) is 3.60. The average molecular weight is 436 g/mol. The summed E-state index contributed by atoms with van der Waals surface area (Å²) in [5.74, 6) is 0.380. The highest BCUT2D eigenvalue weighted by atomic mass is 32.2. The molecule has 0 unspecified atom stereocenters. The largest absolute Gasteiger partial charge is 0.351 e. The van der Waals surface area contributed by atoms with Crippen molar-refractivity contribution in [3.8, 4) is 5.69 Å². The van der Waals surface area contributed by atoms with Crippen LogP contribution in [0.5, 0.6) is 0 Å². The Labute approximate surface area is 185 Å². The molecule has 0 bridgehead atoms. The molecule has 0 radical (unpaired) electrons. The van der Waals surface area contributed by atoms with Crippen LogP contribution in [-0.2, 0) is 16.1 Å². The van der Waals surface area contributed by atoms with Crippen molar-refractivity contribution < 1.29 is 9.59 Å². The van der Waals surface area contributed by atoms with Gasteiger partial charge in [0, 0.05) is 23.8 Å². The fourth-order valence-electron chi connectivity index (χ4n) is 3.11. The second-order valence-electron chi connectivity index (χ2n) is 7.78. The van der Waals surface area contributed by atoms with Crippen LogP contribution in [0.3, 0.4) is 0 Å². The molecule has 3 aromatic rings. The summed E-state index contributed by atoms with van der Waals surface area (Å²) in [6.45, 7) is 4.54. The monoisotopic (exact) mass is 435 g/mol. The Morgan fingerprint density at radius 2 is 1.97 bits per heavy atom. The van der Waals surface area contributed by atoms with Gasteiger partial charge in [-0.15, -0.1) is 10.2 Å². The predicted octanol–water partition coefficient (Wildman–Crippen LogP) is 3.64. The predicted molar refractivity (Wildman–Crippen MR) is 121 cm³/mol. The standard InChI is InChI=1S/C23H25N5O2S/c1-15-6-9-20(10-16(15)2)28-14-25-27-23(28)31-13-21(29)24-12-17-4-3-5-19(11-17)26-22(30)18-7-8-18/h3-6,9-11,14,18H,7-8,12-13H2,1-2H3,(H,24,29)(H,26,30). The molecule has 8 heteroatoms. The van der Waals surface area contributed by atoms with Crippen LogP contribution in [-0.4, -0.2) is 32.3 Å². The Balaban J connectivity index is 1.30. The van der Waals surface area contributed by atoms with Gasteiger partial charge < -0.3 is 10.6 Å². The maximum atomic E-state index is 12.4. The van der Waals surface area contributed by atoms with Crippen LogP contribution in [0.4, 0.5) is 5.69 Å². The third kappa shape index (κ3) is 5.52. The van der Waals surface area contributed by atoms with E-state index in [1.165, 1.54) is 22.9 Å². The summed E-state index contributed by atoms with van der Waals surface area (Å²) in [5.41, 5.74) is 5.09. The number of amides is 2. The number of thioether (sulfide) groups is 1. The van der Waals surface area contributed by atoms with E-state index < -0.39 is 0 Å². The maximum Gasteiger partial charge on any atom is 0.230 e. The van der Waals surface area contributed by atoms with Crippen LogP contribution in [0.15, 0.2) is 53.9 Å². The Kier molecular flexibility index (Phi) is 6.36. The lowest BCUT2D eigenvalue weighted by molar-refractivity contribution is -0.119. The van der Waals surface area contributed by atoms with E-state index in [1.54, 1.807) is 6.33 Å². The van der Waals surface area contributed by atoms with Gasteiger partial charge in [-0.1, -0.05) is 30.0 Å². The van der Waals surface area contributed by atoms with Crippen molar-refractivity contribution in [2.75, 3.05) is 11.1 Å². The molecule has 1 aromatic heterocycles. The molecule has 1 heterocycles. The first-order chi connectivity index (χ1) is 15.0. The van der Waals surface area contributed by atoms with Gasteiger partial charge in [-0.05, 0) is 67.6 Å². The zero-order valence-electron chi connectivity index (χ0n) is 17.6. The van der Waals surface area contributed by atoms with Gasteiger partial charge in [-0.25, -0.2) is 0 Å². The van der Waals surface area contributed by atoms with E-state index in [0.29, 0.717) is 11.7 Å². The number of nitrogens with one attached hydrogen (secondary N) is 2. The molecule has 0 saturated heterocycles. The summed E-state index contributed by atoms with van der Waals surface area (Å²) in [7, 11) is 0. The molecular formula is C23H25N5O2S. The van der Waals surface area contributed by atoms with Crippen molar-refractivity contribution >= 4 is 29.3 Å². The number of nitrogens with zero attached hydrogens (tertiary/aromatic N) is 3. The highest BCUT2D eigenvalue weighted by Gasteiger charge is 2.29. The van der Waals surface area contributed by atoms with Crippen molar-refractivity contribution in [1.29, 1.82) is 0 Å². The fourth-order valence-corrected chi connectivity index (χ4v) is 3.86. The van der Waals surface area contributed by atoms with Crippen molar-refractivity contribution in [3.63, 3.8) is 0 Å². The van der Waals surface area contributed by atoms with Crippen LogP contribution in [0.25, 0.3) is 5.69 Å². The Bertz CT molecular complexity index is 1110. The van der Waals surface area contributed by atoms with Gasteiger partial charge >= 0.3 is 0 Å². The minimum atomic E-state index is -0.0907. The zero-order chi connectivity index (χ0) is 21.8. The quantitative estimate of drug-likeness (QED) is 0.528. The van der Waals surface area contributed by atoms with Crippen molar-refractivity contribution in [2.24, 2.45) is 5.92 Å². The van der Waals surface area contributed by atoms with Gasteiger partial charge in [0.2, 0.25) is 11.8 Å². The number of aryl methyl sites for hydroxylation is 2. The van der Waals surface area contributed by atoms with E-state index in [0.717, 1.165) is 29.8 Å². The van der Waals surface area contributed by atoms with Crippen molar-refractivity contribution in [2.45, 2.75) is 38.4 Å². The SMILES string of the molecule is Cc1ccc(-n2cnnc2SCC(=O)NCc2cccc(NC(=O)C3CC3)c2)cc1C. The molecule has 1 aliphatic rings. The third-order valence-corrected chi connectivity index (χ3v) is 6.19. The minimum Gasteiger partial charge on any atom is -0.351 e. The highest BCUT2D eigenvalue weighted by molar-refractivity contribution is 7.99. The normalized spacial score (nSPS) is 13.1. The number of benzene rings is 2. The van der Waals surface area contributed by atoms with Crippen LogP contribution in [0.2, 0.25) is 0 Å². The molecule has 1 saturated carbocycles. The number of carbonyl (C=O) groups excluding carboxylic acids is 2. The summed E-state index contributed by atoms with van der Waals surface area (Å²) in [5, 5.41) is 14.7. The molecule has 160 valence electrons. The van der Waals surface area contributed by atoms with E-state index in [9.17, 15) is 9.59 Å². The van der Waals surface area contributed by atoms with Crippen LogP contribution in [0, 0.1) is 19.8 Å². The van der Waals surface area contributed by atoms with Crippen LogP contribution in [0.1, 0.15) is 29.5 Å². The molecule has 7 nitrogen and oxygen atoms in total. The third-order valence-electron chi connectivity index (χ3n) is 5.25. The van der Waals surface area contributed by atoms with Gasteiger partial charge in [-0.3, -0.25) is 14.2 Å². The molecule has 2 aromatic carbocycles. The first-order valence-corrected chi connectivity index (χ1v) is 11.2. The van der Waals surface area contributed by atoms with Gasteiger partial charge in [0.15, 0.2) is 5.16 Å². The number of aromatic nitrogens is 3. The molecule has 1 fully saturated rings. The lowest BCUT2D eigenvalue weighted by Crippen LogP contribution is -2.24. The number of rotatable bonds is 8. The Morgan fingerprint density at radius 3 is 2.74 bits per heavy atom. The van der Waals surface area contributed by atoms with E-state index in [1.807, 2.05) is 34.9 Å². The fraction of sp³-hybridized carbons (Fsp3) is 0.304. The molecule has 0 atom stereocenters. The minimum absolute atomic E-state index is 0.0745. The Morgan fingerprint density at radius 1 is 1.13 bits per heavy atom. The van der Waals surface area contributed by atoms with E-state index in [4.69, 9.17) is 0 Å². The number of hydrogen-bond acceptors (Lipinski definition) is 5. The molecule has 1 aliphatic carbocycles. The summed E-state index contributed by atoms with van der Waals surface area (Å²) in [4.78, 5) is 24.3. The molecular weight excluding hydrogens is 410 g/mol. The first-order valence-electron chi connectivity index (χ1n) is 10.3. The zero-order valence-corrected chi connectivity index (χ0v) is 18.4. The maximum absolute atomic E-state index is 12.4.